The lowest BCUT2D eigenvalue weighted by molar-refractivity contribution is 0.520. The first kappa shape index (κ1) is 25.6. The van der Waals surface area contributed by atoms with E-state index in [0.717, 1.165) is 6.42 Å². The standard InChI is InChI=1S/C39H40/c1-37(2,3)31-22-21-27-23-35-34(33(27)24-31)25-32(38(4,5)6)26-36(35)39(30-19-13-14-20-30,28-15-9-7-10-16-28)29-17-11-8-12-18-29/h7-22,24-26,30H,23H2,1-6H3. The zero-order valence-corrected chi connectivity index (χ0v) is 24.3. The van der Waals surface area contributed by atoms with E-state index in [9.17, 15) is 0 Å². The number of benzene rings is 4. The van der Waals surface area contributed by atoms with E-state index in [2.05, 4.69) is 157 Å². The Kier molecular flexibility index (Phi) is 6.07. The van der Waals surface area contributed by atoms with Crippen LogP contribution < -0.4 is 0 Å². The summed E-state index contributed by atoms with van der Waals surface area (Å²) in [6, 6.07) is 34.7. The Balaban J connectivity index is 1.74. The minimum atomic E-state index is -0.341. The Morgan fingerprint density at radius 2 is 1.08 bits per heavy atom. The second-order valence-corrected chi connectivity index (χ2v) is 13.4. The van der Waals surface area contributed by atoms with Crippen LogP contribution in [0.2, 0.25) is 0 Å². The van der Waals surface area contributed by atoms with Crippen LogP contribution in [0, 0.1) is 5.92 Å². The van der Waals surface area contributed by atoms with Crippen molar-refractivity contribution in [2.75, 3.05) is 0 Å². The fraction of sp³-hybridized carbons (Fsp3) is 0.282. The SMILES string of the molecule is CC(C)(C)c1ccc2c(c1)-c1cc(C(C)(C)C)cc(C(c3ccccc3)(c3ccccc3)C3C=CC=C3)c1C2. The van der Waals surface area contributed by atoms with E-state index < -0.39 is 0 Å². The molecule has 0 unspecified atom stereocenters. The van der Waals surface area contributed by atoms with Crippen LogP contribution >= 0.6 is 0 Å². The van der Waals surface area contributed by atoms with Crippen LogP contribution in [0.1, 0.15) is 80.5 Å². The topological polar surface area (TPSA) is 0 Å². The normalized spacial score (nSPS) is 15.0. The maximum absolute atomic E-state index is 2.55. The fourth-order valence-corrected chi connectivity index (χ4v) is 6.69. The fourth-order valence-electron chi connectivity index (χ4n) is 6.69. The van der Waals surface area contributed by atoms with Gasteiger partial charge in [0.2, 0.25) is 0 Å². The summed E-state index contributed by atoms with van der Waals surface area (Å²) in [5, 5.41) is 0. The third-order valence-electron chi connectivity index (χ3n) is 8.88. The van der Waals surface area contributed by atoms with Gasteiger partial charge in [0, 0.05) is 5.92 Å². The minimum absolute atomic E-state index is 0.0225. The first-order valence-electron chi connectivity index (χ1n) is 14.4. The largest absolute Gasteiger partial charge is 0.0761 e. The summed E-state index contributed by atoms with van der Waals surface area (Å²) in [5.41, 5.74) is 12.5. The van der Waals surface area contributed by atoms with E-state index >= 15 is 0 Å². The Hall–Kier alpha value is -3.64. The highest BCUT2D eigenvalue weighted by Gasteiger charge is 2.45. The van der Waals surface area contributed by atoms with E-state index in [-0.39, 0.29) is 22.2 Å². The molecule has 0 amide bonds. The van der Waals surface area contributed by atoms with Crippen LogP contribution in [0.25, 0.3) is 11.1 Å². The van der Waals surface area contributed by atoms with Gasteiger partial charge in [-0.3, -0.25) is 0 Å². The molecule has 0 saturated carbocycles. The van der Waals surface area contributed by atoms with Gasteiger partial charge in [0.25, 0.3) is 0 Å². The molecule has 0 spiro atoms. The number of fused-ring (bicyclic) bond motifs is 3. The highest BCUT2D eigenvalue weighted by atomic mass is 14.5. The maximum Gasteiger partial charge on any atom is 0.0551 e. The zero-order chi connectivity index (χ0) is 27.4. The average molecular weight is 509 g/mol. The number of rotatable bonds is 4. The molecule has 0 saturated heterocycles. The van der Waals surface area contributed by atoms with Gasteiger partial charge in [-0.05, 0) is 67.3 Å². The Morgan fingerprint density at radius 1 is 0.538 bits per heavy atom. The summed E-state index contributed by atoms with van der Waals surface area (Å²) < 4.78 is 0. The van der Waals surface area contributed by atoms with Gasteiger partial charge >= 0.3 is 0 Å². The molecule has 4 aromatic carbocycles. The molecule has 0 heterocycles. The molecule has 0 radical (unpaired) electrons. The molecular formula is C39H40. The molecule has 0 N–H and O–H groups in total. The number of allylic oxidation sites excluding steroid dienone is 4. The quantitative estimate of drug-likeness (QED) is 0.212. The van der Waals surface area contributed by atoms with Crippen molar-refractivity contribution in [2.45, 2.75) is 64.2 Å². The van der Waals surface area contributed by atoms with Crippen molar-refractivity contribution in [3.05, 3.63) is 154 Å². The molecule has 39 heavy (non-hydrogen) atoms. The molecule has 0 aliphatic heterocycles. The Labute approximate surface area is 235 Å². The summed E-state index contributed by atoms with van der Waals surface area (Å²) in [5.74, 6) is 0.218. The van der Waals surface area contributed by atoms with Gasteiger partial charge in [0.05, 0.1) is 5.41 Å². The van der Waals surface area contributed by atoms with Crippen molar-refractivity contribution < 1.29 is 0 Å². The van der Waals surface area contributed by atoms with Crippen LogP contribution in [0.3, 0.4) is 0 Å². The minimum Gasteiger partial charge on any atom is -0.0761 e. The summed E-state index contributed by atoms with van der Waals surface area (Å²) in [6.07, 6.45) is 10.2. The second kappa shape index (κ2) is 9.23. The van der Waals surface area contributed by atoms with Crippen LogP contribution in [0.15, 0.2) is 115 Å². The Bertz CT molecular complexity index is 1520. The van der Waals surface area contributed by atoms with Crippen molar-refractivity contribution in [3.63, 3.8) is 0 Å². The zero-order valence-electron chi connectivity index (χ0n) is 24.3. The summed E-state index contributed by atoms with van der Waals surface area (Å²) >= 11 is 0. The molecule has 196 valence electrons. The molecule has 0 aromatic heterocycles. The first-order valence-corrected chi connectivity index (χ1v) is 14.4. The molecule has 6 rings (SSSR count). The van der Waals surface area contributed by atoms with Gasteiger partial charge in [0.15, 0.2) is 0 Å². The summed E-state index contributed by atoms with van der Waals surface area (Å²) in [7, 11) is 0. The van der Waals surface area contributed by atoms with Crippen molar-refractivity contribution in [1.29, 1.82) is 0 Å². The molecule has 2 aliphatic rings. The average Bonchev–Trinajstić information content (AvgIpc) is 3.58. The lowest BCUT2D eigenvalue weighted by Gasteiger charge is -2.42. The predicted octanol–water partition coefficient (Wildman–Crippen LogP) is 9.93. The van der Waals surface area contributed by atoms with Crippen molar-refractivity contribution >= 4 is 0 Å². The smallest absolute Gasteiger partial charge is 0.0551 e. The summed E-state index contributed by atoms with van der Waals surface area (Å²) in [6.45, 7) is 14.0. The molecule has 4 aromatic rings. The van der Waals surface area contributed by atoms with E-state index in [4.69, 9.17) is 0 Å². The van der Waals surface area contributed by atoms with Crippen LogP contribution in [0.5, 0.6) is 0 Å². The predicted molar refractivity (Wildman–Crippen MR) is 167 cm³/mol. The second-order valence-electron chi connectivity index (χ2n) is 13.4. The van der Waals surface area contributed by atoms with Gasteiger partial charge in [-0.15, -0.1) is 0 Å². The Morgan fingerprint density at radius 3 is 1.62 bits per heavy atom. The molecule has 0 fully saturated rings. The van der Waals surface area contributed by atoms with E-state index in [1.54, 1.807) is 0 Å². The molecular weight excluding hydrogens is 468 g/mol. The lowest BCUT2D eigenvalue weighted by atomic mass is 9.60. The lowest BCUT2D eigenvalue weighted by Crippen LogP contribution is -2.37. The van der Waals surface area contributed by atoms with Crippen LogP contribution in [-0.2, 0) is 22.7 Å². The van der Waals surface area contributed by atoms with Crippen molar-refractivity contribution in [1.82, 2.24) is 0 Å². The molecule has 0 bridgehead atoms. The summed E-state index contributed by atoms with van der Waals surface area (Å²) in [4.78, 5) is 0. The van der Waals surface area contributed by atoms with E-state index in [0.29, 0.717) is 0 Å². The first-order chi connectivity index (χ1) is 18.6. The monoisotopic (exact) mass is 508 g/mol. The van der Waals surface area contributed by atoms with Crippen LogP contribution in [0.4, 0.5) is 0 Å². The van der Waals surface area contributed by atoms with E-state index in [1.165, 1.54) is 50.1 Å². The van der Waals surface area contributed by atoms with Crippen molar-refractivity contribution in [3.8, 4) is 11.1 Å². The maximum atomic E-state index is 2.55. The van der Waals surface area contributed by atoms with Gasteiger partial charge in [-0.2, -0.15) is 0 Å². The van der Waals surface area contributed by atoms with Gasteiger partial charge < -0.3 is 0 Å². The van der Waals surface area contributed by atoms with Crippen LogP contribution in [-0.4, -0.2) is 0 Å². The molecule has 0 atom stereocenters. The van der Waals surface area contributed by atoms with Gasteiger partial charge in [0.1, 0.15) is 0 Å². The van der Waals surface area contributed by atoms with Crippen molar-refractivity contribution in [2.24, 2.45) is 5.92 Å². The highest BCUT2D eigenvalue weighted by Crippen LogP contribution is 2.53. The third kappa shape index (κ3) is 4.22. The highest BCUT2D eigenvalue weighted by molar-refractivity contribution is 5.81. The number of hydrogen-bond acceptors (Lipinski definition) is 0. The molecule has 0 nitrogen and oxygen atoms in total. The number of hydrogen-bond donors (Lipinski definition) is 0. The van der Waals surface area contributed by atoms with E-state index in [1.807, 2.05) is 0 Å². The molecule has 2 aliphatic carbocycles. The van der Waals surface area contributed by atoms with Gasteiger partial charge in [-0.1, -0.05) is 157 Å². The molecule has 0 heteroatoms. The third-order valence-corrected chi connectivity index (χ3v) is 8.88. The van der Waals surface area contributed by atoms with Gasteiger partial charge in [-0.25, -0.2) is 0 Å².